The second-order valence-electron chi connectivity index (χ2n) is 4.05. The van der Waals surface area contributed by atoms with Crippen LogP contribution in [0.3, 0.4) is 0 Å². The maximum atomic E-state index is 13.1. The largest absolute Gasteiger partial charge is 0.478 e. The summed E-state index contributed by atoms with van der Waals surface area (Å²) in [4.78, 5) is 10.7. The Bertz CT molecular complexity index is 463. The Labute approximate surface area is 93.4 Å². The zero-order chi connectivity index (χ0) is 11.7. The SMILES string of the molecule is CCC1C/C(=C/C(=O)O)c2cc(F)ccc21. The molecule has 2 nitrogen and oxygen atoms in total. The third-order valence-corrected chi connectivity index (χ3v) is 3.06. The average Bonchev–Trinajstić information content (AvgIpc) is 2.55. The molecular formula is C13H13FO2. The summed E-state index contributed by atoms with van der Waals surface area (Å²) in [5.41, 5.74) is 2.56. The summed E-state index contributed by atoms with van der Waals surface area (Å²) in [7, 11) is 0. The lowest BCUT2D eigenvalue weighted by atomic mass is 9.99. The molecule has 84 valence electrons. The van der Waals surface area contributed by atoms with E-state index in [1.807, 2.05) is 0 Å². The molecule has 1 unspecified atom stereocenters. The molecule has 0 radical (unpaired) electrons. The highest BCUT2D eigenvalue weighted by Gasteiger charge is 2.25. The van der Waals surface area contributed by atoms with Crippen molar-refractivity contribution in [3.63, 3.8) is 0 Å². The van der Waals surface area contributed by atoms with Gasteiger partial charge in [0, 0.05) is 6.08 Å². The van der Waals surface area contributed by atoms with Gasteiger partial charge < -0.3 is 5.11 Å². The topological polar surface area (TPSA) is 37.3 Å². The first-order valence-electron chi connectivity index (χ1n) is 5.35. The molecule has 1 N–H and O–H groups in total. The van der Waals surface area contributed by atoms with Crippen molar-refractivity contribution < 1.29 is 14.3 Å². The minimum Gasteiger partial charge on any atom is -0.478 e. The van der Waals surface area contributed by atoms with Crippen molar-refractivity contribution in [2.45, 2.75) is 25.7 Å². The molecular weight excluding hydrogens is 207 g/mol. The number of rotatable bonds is 2. The average molecular weight is 220 g/mol. The van der Waals surface area contributed by atoms with E-state index in [1.165, 1.54) is 18.2 Å². The smallest absolute Gasteiger partial charge is 0.328 e. The third-order valence-electron chi connectivity index (χ3n) is 3.06. The first-order valence-corrected chi connectivity index (χ1v) is 5.35. The fourth-order valence-corrected chi connectivity index (χ4v) is 2.30. The van der Waals surface area contributed by atoms with Gasteiger partial charge in [0.15, 0.2) is 0 Å². The third kappa shape index (κ3) is 1.85. The van der Waals surface area contributed by atoms with E-state index in [4.69, 9.17) is 5.11 Å². The highest BCUT2D eigenvalue weighted by atomic mass is 19.1. The molecule has 0 aromatic heterocycles. The number of halogens is 1. The Hall–Kier alpha value is -1.64. The van der Waals surface area contributed by atoms with Crippen LogP contribution in [0.4, 0.5) is 4.39 Å². The molecule has 2 rings (SSSR count). The second-order valence-corrected chi connectivity index (χ2v) is 4.05. The van der Waals surface area contributed by atoms with E-state index in [0.717, 1.165) is 23.1 Å². The Morgan fingerprint density at radius 3 is 3.00 bits per heavy atom. The summed E-state index contributed by atoms with van der Waals surface area (Å²) >= 11 is 0. The zero-order valence-corrected chi connectivity index (χ0v) is 9.03. The quantitative estimate of drug-likeness (QED) is 0.777. The van der Waals surface area contributed by atoms with E-state index < -0.39 is 5.97 Å². The van der Waals surface area contributed by atoms with E-state index in [1.54, 1.807) is 6.07 Å². The van der Waals surface area contributed by atoms with Gasteiger partial charge in [0.25, 0.3) is 0 Å². The number of benzene rings is 1. The number of carbonyl (C=O) groups is 1. The van der Waals surface area contributed by atoms with Crippen molar-refractivity contribution in [1.82, 2.24) is 0 Å². The molecule has 0 saturated heterocycles. The molecule has 0 saturated carbocycles. The molecule has 1 aromatic rings. The summed E-state index contributed by atoms with van der Waals surface area (Å²) in [6.07, 6.45) is 2.82. The van der Waals surface area contributed by atoms with Crippen LogP contribution in [-0.4, -0.2) is 11.1 Å². The maximum Gasteiger partial charge on any atom is 0.328 e. The van der Waals surface area contributed by atoms with Crippen LogP contribution in [0.2, 0.25) is 0 Å². The van der Waals surface area contributed by atoms with Crippen LogP contribution in [0.15, 0.2) is 24.3 Å². The summed E-state index contributed by atoms with van der Waals surface area (Å²) in [6, 6.07) is 4.63. The Morgan fingerprint density at radius 2 is 2.38 bits per heavy atom. The molecule has 0 bridgehead atoms. The Kier molecular flexibility index (Phi) is 2.77. The number of hydrogen-bond acceptors (Lipinski definition) is 1. The molecule has 0 fully saturated rings. The first kappa shape index (κ1) is 10.9. The minimum absolute atomic E-state index is 0.313. The van der Waals surface area contributed by atoms with Crippen molar-refractivity contribution in [3.05, 3.63) is 41.2 Å². The van der Waals surface area contributed by atoms with Crippen LogP contribution in [-0.2, 0) is 4.79 Å². The lowest BCUT2D eigenvalue weighted by molar-refractivity contribution is -0.131. The zero-order valence-electron chi connectivity index (χ0n) is 9.03. The number of carboxylic acid groups (broad SMARTS) is 1. The molecule has 16 heavy (non-hydrogen) atoms. The Morgan fingerprint density at radius 1 is 1.62 bits per heavy atom. The van der Waals surface area contributed by atoms with E-state index in [-0.39, 0.29) is 5.82 Å². The minimum atomic E-state index is -0.970. The number of aliphatic carboxylic acids is 1. The highest BCUT2D eigenvalue weighted by molar-refractivity contribution is 5.92. The maximum absolute atomic E-state index is 13.1. The molecule has 0 heterocycles. The van der Waals surface area contributed by atoms with Gasteiger partial charge in [0.2, 0.25) is 0 Å². The predicted molar refractivity (Wildman–Crippen MR) is 59.7 cm³/mol. The predicted octanol–water partition coefficient (Wildman–Crippen LogP) is 3.19. The van der Waals surface area contributed by atoms with E-state index in [2.05, 4.69) is 6.92 Å². The van der Waals surface area contributed by atoms with Crippen LogP contribution in [0.1, 0.15) is 36.8 Å². The van der Waals surface area contributed by atoms with Crippen molar-refractivity contribution >= 4 is 11.5 Å². The highest BCUT2D eigenvalue weighted by Crippen LogP contribution is 2.42. The van der Waals surface area contributed by atoms with Gasteiger partial charge >= 0.3 is 5.97 Å². The van der Waals surface area contributed by atoms with Gasteiger partial charge in [-0.25, -0.2) is 9.18 Å². The molecule has 3 heteroatoms. The van der Waals surface area contributed by atoms with Crippen molar-refractivity contribution in [2.75, 3.05) is 0 Å². The number of fused-ring (bicyclic) bond motifs is 1. The molecule has 1 aliphatic rings. The molecule has 1 aromatic carbocycles. The fraction of sp³-hybridized carbons (Fsp3) is 0.308. The fourth-order valence-electron chi connectivity index (χ4n) is 2.30. The second kappa shape index (κ2) is 4.08. The van der Waals surface area contributed by atoms with Gasteiger partial charge in [-0.05, 0) is 47.6 Å². The normalized spacial score (nSPS) is 21.1. The van der Waals surface area contributed by atoms with E-state index >= 15 is 0 Å². The van der Waals surface area contributed by atoms with Gasteiger partial charge in [0.1, 0.15) is 5.82 Å². The van der Waals surface area contributed by atoms with E-state index in [0.29, 0.717) is 12.3 Å². The van der Waals surface area contributed by atoms with Gasteiger partial charge in [-0.3, -0.25) is 0 Å². The summed E-state index contributed by atoms with van der Waals surface area (Å²) in [5.74, 6) is -0.963. The molecule has 1 atom stereocenters. The van der Waals surface area contributed by atoms with Crippen molar-refractivity contribution in [2.24, 2.45) is 0 Å². The van der Waals surface area contributed by atoms with Gasteiger partial charge in [0.05, 0.1) is 0 Å². The monoisotopic (exact) mass is 220 g/mol. The summed E-state index contributed by atoms with van der Waals surface area (Å²) < 4.78 is 13.1. The van der Waals surface area contributed by atoms with Gasteiger partial charge in [-0.1, -0.05) is 13.0 Å². The van der Waals surface area contributed by atoms with Crippen LogP contribution in [0.25, 0.3) is 5.57 Å². The number of hydrogen-bond donors (Lipinski definition) is 1. The lowest BCUT2D eigenvalue weighted by Gasteiger charge is -2.06. The van der Waals surface area contributed by atoms with Gasteiger partial charge in [-0.15, -0.1) is 0 Å². The van der Waals surface area contributed by atoms with Crippen LogP contribution >= 0.6 is 0 Å². The molecule has 0 amide bonds. The van der Waals surface area contributed by atoms with Crippen molar-refractivity contribution in [1.29, 1.82) is 0 Å². The van der Waals surface area contributed by atoms with Crippen molar-refractivity contribution in [3.8, 4) is 0 Å². The standard InChI is InChI=1S/C13H13FO2/c1-2-8-5-9(6-13(15)16)12-7-10(14)3-4-11(8)12/h3-4,6-8H,2,5H2,1H3,(H,15,16)/b9-6-. The number of carboxylic acids is 1. The molecule has 0 aliphatic heterocycles. The van der Waals surface area contributed by atoms with Crippen LogP contribution in [0.5, 0.6) is 0 Å². The van der Waals surface area contributed by atoms with Crippen LogP contribution < -0.4 is 0 Å². The van der Waals surface area contributed by atoms with E-state index in [9.17, 15) is 9.18 Å². The molecule has 0 spiro atoms. The Balaban J connectivity index is 2.51. The van der Waals surface area contributed by atoms with Crippen LogP contribution in [0, 0.1) is 5.82 Å². The first-order chi connectivity index (χ1) is 7.61. The lowest BCUT2D eigenvalue weighted by Crippen LogP contribution is -1.90. The van der Waals surface area contributed by atoms with Gasteiger partial charge in [-0.2, -0.15) is 0 Å². The molecule has 1 aliphatic carbocycles. The number of allylic oxidation sites excluding steroid dienone is 1. The summed E-state index contributed by atoms with van der Waals surface area (Å²) in [6.45, 7) is 2.06. The summed E-state index contributed by atoms with van der Waals surface area (Å²) in [5, 5.41) is 8.76.